The molecule has 0 aliphatic heterocycles. The lowest BCUT2D eigenvalue weighted by molar-refractivity contribution is 0.660. The molecular weight excluding hydrogens is 667 g/mol. The van der Waals surface area contributed by atoms with Crippen molar-refractivity contribution < 1.29 is 4.42 Å². The summed E-state index contributed by atoms with van der Waals surface area (Å²) in [4.78, 5) is 2.43. The zero-order valence-electron chi connectivity index (χ0n) is 30.8. The molecule has 2 heteroatoms. The smallest absolute Gasteiger partial charge is 0.136 e. The highest BCUT2D eigenvalue weighted by Gasteiger charge is 2.36. The summed E-state index contributed by atoms with van der Waals surface area (Å²) in [5.41, 5.74) is 15.1. The third-order valence-electron chi connectivity index (χ3n) is 11.9. The van der Waals surface area contributed by atoms with E-state index in [1.54, 1.807) is 0 Å². The van der Waals surface area contributed by atoms with Gasteiger partial charge in [0.1, 0.15) is 11.2 Å². The molecule has 0 saturated carbocycles. The Morgan fingerprint density at radius 1 is 0.400 bits per heavy atom. The number of benzene rings is 9. The Morgan fingerprint density at radius 3 is 1.93 bits per heavy atom. The fourth-order valence-corrected chi connectivity index (χ4v) is 9.06. The first-order valence-electron chi connectivity index (χ1n) is 19.1. The van der Waals surface area contributed by atoms with Gasteiger partial charge >= 0.3 is 0 Å². The van der Waals surface area contributed by atoms with Crippen LogP contribution in [-0.2, 0) is 5.41 Å². The summed E-state index contributed by atoms with van der Waals surface area (Å²) in [5.74, 6) is 0. The summed E-state index contributed by atoms with van der Waals surface area (Å²) in [6, 6.07) is 68.5. The molecule has 0 unspecified atom stereocenters. The van der Waals surface area contributed by atoms with E-state index >= 15 is 0 Å². The number of hydrogen-bond acceptors (Lipinski definition) is 2. The van der Waals surface area contributed by atoms with Crippen molar-refractivity contribution in [2.75, 3.05) is 4.90 Å². The van der Waals surface area contributed by atoms with Gasteiger partial charge in [-0.15, -0.1) is 0 Å². The maximum Gasteiger partial charge on any atom is 0.136 e. The van der Waals surface area contributed by atoms with Crippen molar-refractivity contribution in [3.8, 4) is 33.4 Å². The van der Waals surface area contributed by atoms with E-state index < -0.39 is 0 Å². The van der Waals surface area contributed by atoms with Crippen molar-refractivity contribution in [3.63, 3.8) is 0 Å². The van der Waals surface area contributed by atoms with Crippen molar-refractivity contribution in [1.82, 2.24) is 0 Å². The third kappa shape index (κ3) is 4.95. The minimum Gasteiger partial charge on any atom is -0.456 e. The second kappa shape index (κ2) is 12.1. The van der Waals surface area contributed by atoms with E-state index in [1.807, 2.05) is 0 Å². The van der Waals surface area contributed by atoms with E-state index in [9.17, 15) is 0 Å². The lowest BCUT2D eigenvalue weighted by Gasteiger charge is -2.30. The van der Waals surface area contributed by atoms with Gasteiger partial charge in [0.05, 0.1) is 5.69 Å². The van der Waals surface area contributed by atoms with Gasteiger partial charge in [0.15, 0.2) is 0 Å². The third-order valence-corrected chi connectivity index (χ3v) is 11.9. The minimum atomic E-state index is -0.114. The van der Waals surface area contributed by atoms with Crippen LogP contribution in [0, 0.1) is 0 Å². The van der Waals surface area contributed by atoms with Crippen LogP contribution in [0.5, 0.6) is 0 Å². The van der Waals surface area contributed by atoms with E-state index in [-0.39, 0.29) is 5.41 Å². The van der Waals surface area contributed by atoms with Gasteiger partial charge in [-0.3, -0.25) is 0 Å². The molecule has 0 N–H and O–H groups in total. The van der Waals surface area contributed by atoms with Crippen LogP contribution in [0.25, 0.3) is 76.9 Å². The van der Waals surface area contributed by atoms with Crippen molar-refractivity contribution in [3.05, 3.63) is 199 Å². The first-order chi connectivity index (χ1) is 27.0. The average Bonchev–Trinajstić information content (AvgIpc) is 3.73. The van der Waals surface area contributed by atoms with E-state index in [0.717, 1.165) is 44.7 Å². The van der Waals surface area contributed by atoms with E-state index in [4.69, 9.17) is 4.42 Å². The van der Waals surface area contributed by atoms with Crippen LogP contribution in [0.2, 0.25) is 0 Å². The Kier molecular flexibility index (Phi) is 6.93. The van der Waals surface area contributed by atoms with E-state index in [0.29, 0.717) is 0 Å². The molecule has 0 fully saturated rings. The topological polar surface area (TPSA) is 16.4 Å². The molecule has 0 saturated heterocycles. The summed E-state index contributed by atoms with van der Waals surface area (Å²) in [5, 5.41) is 7.24. The number of para-hydroxylation sites is 1. The molecule has 2 nitrogen and oxygen atoms in total. The standard InChI is InChI=1S/C53H37NO/c1-53(2)47-17-9-7-16-44(47)45-29-27-41(33-48(45)53)54(49-18-10-8-14-42(49)39-20-19-34-11-3-4-13-37(34)31-39)40-25-21-35(22-26-40)38-23-28-46-51(32-38)55-50-30-24-36-12-5-6-15-43(36)52(46)50/h3-33H,1-2H3. The Balaban J connectivity index is 1.05. The number of fused-ring (bicyclic) bond motifs is 9. The van der Waals surface area contributed by atoms with Gasteiger partial charge in [0, 0.05) is 33.1 Å². The van der Waals surface area contributed by atoms with Crippen LogP contribution >= 0.6 is 0 Å². The molecule has 1 aliphatic rings. The van der Waals surface area contributed by atoms with Gasteiger partial charge < -0.3 is 9.32 Å². The van der Waals surface area contributed by atoms with Crippen LogP contribution in [0.15, 0.2) is 192 Å². The predicted molar refractivity (Wildman–Crippen MR) is 232 cm³/mol. The van der Waals surface area contributed by atoms with Crippen LogP contribution in [0.4, 0.5) is 17.1 Å². The van der Waals surface area contributed by atoms with Gasteiger partial charge in [-0.2, -0.15) is 0 Å². The van der Waals surface area contributed by atoms with Gasteiger partial charge in [0.2, 0.25) is 0 Å². The molecule has 0 bridgehead atoms. The minimum absolute atomic E-state index is 0.114. The van der Waals surface area contributed by atoms with Gasteiger partial charge in [-0.05, 0) is 115 Å². The summed E-state index contributed by atoms with van der Waals surface area (Å²) >= 11 is 0. The van der Waals surface area contributed by atoms with Crippen LogP contribution in [0.1, 0.15) is 25.0 Å². The van der Waals surface area contributed by atoms with Crippen molar-refractivity contribution in [1.29, 1.82) is 0 Å². The number of nitrogens with zero attached hydrogens (tertiary/aromatic N) is 1. The number of rotatable bonds is 5. The lowest BCUT2D eigenvalue weighted by Crippen LogP contribution is -2.16. The van der Waals surface area contributed by atoms with Crippen molar-refractivity contribution in [2.45, 2.75) is 19.3 Å². The number of hydrogen-bond donors (Lipinski definition) is 0. The molecule has 0 radical (unpaired) electrons. The van der Waals surface area contributed by atoms with Crippen LogP contribution < -0.4 is 4.90 Å². The zero-order chi connectivity index (χ0) is 36.7. The zero-order valence-corrected chi connectivity index (χ0v) is 30.8. The fourth-order valence-electron chi connectivity index (χ4n) is 9.06. The second-order valence-electron chi connectivity index (χ2n) is 15.3. The molecule has 9 aromatic carbocycles. The summed E-state index contributed by atoms with van der Waals surface area (Å²) in [7, 11) is 0. The van der Waals surface area contributed by atoms with Crippen molar-refractivity contribution in [2.24, 2.45) is 0 Å². The molecule has 1 heterocycles. The Hall–Kier alpha value is -6.90. The van der Waals surface area contributed by atoms with Crippen LogP contribution in [-0.4, -0.2) is 0 Å². The Bertz CT molecular complexity index is 3130. The summed E-state index contributed by atoms with van der Waals surface area (Å²) in [6.07, 6.45) is 0. The molecule has 1 aliphatic carbocycles. The highest BCUT2D eigenvalue weighted by molar-refractivity contribution is 6.19. The maximum atomic E-state index is 6.45. The predicted octanol–water partition coefficient (Wildman–Crippen LogP) is 15.0. The molecular formula is C53H37NO. The molecule has 0 amide bonds. The highest BCUT2D eigenvalue weighted by atomic mass is 16.3. The van der Waals surface area contributed by atoms with Gasteiger partial charge in [0.25, 0.3) is 0 Å². The molecule has 0 spiro atoms. The number of furan rings is 1. The molecule has 1 aromatic heterocycles. The van der Waals surface area contributed by atoms with Crippen LogP contribution in [0.3, 0.4) is 0 Å². The highest BCUT2D eigenvalue weighted by Crippen LogP contribution is 2.51. The largest absolute Gasteiger partial charge is 0.456 e. The lowest BCUT2D eigenvalue weighted by atomic mass is 9.82. The molecule has 260 valence electrons. The second-order valence-corrected chi connectivity index (χ2v) is 15.3. The molecule has 10 aromatic rings. The van der Waals surface area contributed by atoms with E-state index in [2.05, 4.69) is 207 Å². The fraction of sp³-hybridized carbons (Fsp3) is 0.0566. The summed E-state index contributed by atoms with van der Waals surface area (Å²) in [6.45, 7) is 4.70. The molecule has 11 rings (SSSR count). The van der Waals surface area contributed by atoms with Gasteiger partial charge in [-0.25, -0.2) is 0 Å². The number of anilines is 3. The van der Waals surface area contributed by atoms with Crippen molar-refractivity contribution >= 4 is 60.5 Å². The monoisotopic (exact) mass is 703 g/mol. The first kappa shape index (κ1) is 31.6. The Morgan fingerprint density at radius 2 is 1.05 bits per heavy atom. The summed E-state index contributed by atoms with van der Waals surface area (Å²) < 4.78 is 6.45. The Labute approximate surface area is 320 Å². The first-order valence-corrected chi connectivity index (χ1v) is 19.1. The normalized spacial score (nSPS) is 13.1. The maximum absolute atomic E-state index is 6.45. The molecule has 0 atom stereocenters. The van der Waals surface area contributed by atoms with Gasteiger partial charge in [-0.1, -0.05) is 147 Å². The van der Waals surface area contributed by atoms with E-state index in [1.165, 1.54) is 60.3 Å². The SMILES string of the molecule is CC1(C)c2ccccc2-c2ccc(N(c3ccc(-c4ccc5c(c4)oc4ccc6ccccc6c45)cc3)c3ccccc3-c3ccc4ccccc4c3)cc21. The average molecular weight is 704 g/mol. The quantitative estimate of drug-likeness (QED) is 0.177. The molecule has 55 heavy (non-hydrogen) atoms.